The van der Waals surface area contributed by atoms with Gasteiger partial charge in [-0.15, -0.1) is 0 Å². The molecule has 1 amide bonds. The van der Waals surface area contributed by atoms with Crippen molar-refractivity contribution in [2.75, 3.05) is 19.6 Å². The van der Waals surface area contributed by atoms with Gasteiger partial charge in [0, 0.05) is 11.6 Å². The standard InChI is InChI=1S/C21H27N3O2/c25-18-11-16(12-18)21(23-20(26)14-24-8-4-1-5-9-24)17-10-15-6-2-3-7-19(15)22-13-17/h2-3,6-7,10,13,16,18,21,25H,1,4-5,8-9,11-12,14H2,(H,23,26)/t16?,18?,21-/m0/s1. The molecule has 5 nitrogen and oxygen atoms in total. The van der Waals surface area contributed by atoms with Crippen LogP contribution in [0, 0.1) is 5.92 Å². The fraction of sp³-hybridized carbons (Fsp3) is 0.524. The molecule has 1 aromatic carbocycles. The van der Waals surface area contributed by atoms with Crippen molar-refractivity contribution < 1.29 is 9.90 Å². The van der Waals surface area contributed by atoms with Crippen LogP contribution in [0.2, 0.25) is 0 Å². The highest BCUT2D eigenvalue weighted by Gasteiger charge is 2.36. The number of pyridine rings is 1. The molecular weight excluding hydrogens is 326 g/mol. The molecule has 1 saturated heterocycles. The predicted octanol–water partition coefficient (Wildman–Crippen LogP) is 2.65. The van der Waals surface area contributed by atoms with Crippen LogP contribution in [0.25, 0.3) is 10.9 Å². The molecule has 1 saturated carbocycles. The molecule has 1 aromatic heterocycles. The zero-order valence-corrected chi connectivity index (χ0v) is 15.1. The zero-order chi connectivity index (χ0) is 17.9. The fourth-order valence-electron chi connectivity index (χ4n) is 4.17. The first-order chi connectivity index (χ1) is 12.7. The van der Waals surface area contributed by atoms with Crippen LogP contribution in [-0.2, 0) is 4.79 Å². The summed E-state index contributed by atoms with van der Waals surface area (Å²) < 4.78 is 0. The monoisotopic (exact) mass is 353 g/mol. The predicted molar refractivity (Wildman–Crippen MR) is 102 cm³/mol. The average molecular weight is 353 g/mol. The highest BCUT2D eigenvalue weighted by atomic mass is 16.3. The number of carbonyl (C=O) groups is 1. The van der Waals surface area contributed by atoms with Crippen LogP contribution in [0.5, 0.6) is 0 Å². The summed E-state index contributed by atoms with van der Waals surface area (Å²) in [5.74, 6) is 0.352. The Labute approximate surface area is 154 Å². The van der Waals surface area contributed by atoms with Crippen molar-refractivity contribution in [3.63, 3.8) is 0 Å². The van der Waals surface area contributed by atoms with Crippen LogP contribution < -0.4 is 5.32 Å². The lowest BCUT2D eigenvalue weighted by Gasteiger charge is -2.38. The van der Waals surface area contributed by atoms with Gasteiger partial charge in [-0.25, -0.2) is 0 Å². The highest BCUT2D eigenvalue weighted by molar-refractivity contribution is 5.80. The normalized spacial score (nSPS) is 24.8. The van der Waals surface area contributed by atoms with E-state index in [4.69, 9.17) is 0 Å². The van der Waals surface area contributed by atoms with Gasteiger partial charge in [-0.05, 0) is 62.4 Å². The molecular formula is C21H27N3O2. The third-order valence-corrected chi connectivity index (χ3v) is 5.72. The number of fused-ring (bicyclic) bond motifs is 1. The van der Waals surface area contributed by atoms with Gasteiger partial charge in [0.1, 0.15) is 0 Å². The minimum atomic E-state index is -0.241. The first-order valence-corrected chi connectivity index (χ1v) is 9.73. The summed E-state index contributed by atoms with van der Waals surface area (Å²) in [6, 6.07) is 10.1. The van der Waals surface area contributed by atoms with E-state index >= 15 is 0 Å². The fourth-order valence-corrected chi connectivity index (χ4v) is 4.17. The summed E-state index contributed by atoms with van der Waals surface area (Å²) in [6.07, 6.45) is 6.74. The number of aromatic nitrogens is 1. The maximum atomic E-state index is 12.6. The number of nitrogens with one attached hydrogen (secondary N) is 1. The highest BCUT2D eigenvalue weighted by Crippen LogP contribution is 2.38. The molecule has 2 aromatic rings. The van der Waals surface area contributed by atoms with Crippen molar-refractivity contribution in [1.82, 2.24) is 15.2 Å². The number of amides is 1. The number of nitrogens with zero attached hydrogens (tertiary/aromatic N) is 2. The maximum absolute atomic E-state index is 12.6. The van der Waals surface area contributed by atoms with Gasteiger partial charge >= 0.3 is 0 Å². The van der Waals surface area contributed by atoms with Crippen LogP contribution in [0.15, 0.2) is 36.5 Å². The number of hydrogen-bond donors (Lipinski definition) is 2. The SMILES string of the molecule is O=C(CN1CCCCC1)N[C@H](c1cnc2ccccc2c1)C1CC(O)C1. The number of aliphatic hydroxyl groups is 1. The van der Waals surface area contributed by atoms with Gasteiger partial charge in [0.15, 0.2) is 0 Å². The number of piperidine rings is 1. The van der Waals surface area contributed by atoms with E-state index < -0.39 is 0 Å². The molecule has 4 rings (SSSR count). The number of benzene rings is 1. The van der Waals surface area contributed by atoms with Crippen LogP contribution in [0.4, 0.5) is 0 Å². The average Bonchev–Trinajstić information content (AvgIpc) is 2.64. The number of aliphatic hydroxyl groups excluding tert-OH is 1. The molecule has 0 unspecified atom stereocenters. The minimum Gasteiger partial charge on any atom is -0.393 e. The summed E-state index contributed by atoms with van der Waals surface area (Å²) in [7, 11) is 0. The van der Waals surface area contributed by atoms with E-state index in [0.29, 0.717) is 6.54 Å². The molecule has 138 valence electrons. The van der Waals surface area contributed by atoms with E-state index in [1.807, 2.05) is 30.5 Å². The van der Waals surface area contributed by atoms with Crippen molar-refractivity contribution in [2.24, 2.45) is 5.92 Å². The third-order valence-electron chi connectivity index (χ3n) is 5.72. The number of rotatable bonds is 5. The second kappa shape index (κ2) is 7.72. The van der Waals surface area contributed by atoms with Crippen LogP contribution in [-0.4, -0.2) is 46.6 Å². The molecule has 0 bridgehead atoms. The van der Waals surface area contributed by atoms with Crippen LogP contribution >= 0.6 is 0 Å². The number of para-hydroxylation sites is 1. The van der Waals surface area contributed by atoms with Gasteiger partial charge in [0.05, 0.1) is 24.2 Å². The molecule has 2 heterocycles. The largest absolute Gasteiger partial charge is 0.393 e. The number of hydrogen-bond acceptors (Lipinski definition) is 4. The van der Waals surface area contributed by atoms with Gasteiger partial charge in [0.25, 0.3) is 0 Å². The number of carbonyl (C=O) groups excluding carboxylic acids is 1. The Balaban J connectivity index is 1.50. The molecule has 26 heavy (non-hydrogen) atoms. The molecule has 0 spiro atoms. The van der Waals surface area contributed by atoms with Crippen LogP contribution in [0.3, 0.4) is 0 Å². The summed E-state index contributed by atoms with van der Waals surface area (Å²) in [5, 5.41) is 14.1. The number of likely N-dealkylation sites (tertiary alicyclic amines) is 1. The van der Waals surface area contributed by atoms with Gasteiger partial charge in [0.2, 0.25) is 5.91 Å². The van der Waals surface area contributed by atoms with E-state index in [0.717, 1.165) is 42.4 Å². The summed E-state index contributed by atoms with van der Waals surface area (Å²) >= 11 is 0. The molecule has 2 N–H and O–H groups in total. The first-order valence-electron chi connectivity index (χ1n) is 9.73. The second-order valence-corrected chi connectivity index (χ2v) is 7.73. The molecule has 1 aliphatic carbocycles. The Hall–Kier alpha value is -1.98. The quantitative estimate of drug-likeness (QED) is 0.867. The zero-order valence-electron chi connectivity index (χ0n) is 15.1. The van der Waals surface area contributed by atoms with Crippen molar-refractivity contribution in [3.8, 4) is 0 Å². The lowest BCUT2D eigenvalue weighted by Crippen LogP contribution is -2.45. The summed E-state index contributed by atoms with van der Waals surface area (Å²) in [6.45, 7) is 2.49. The summed E-state index contributed by atoms with van der Waals surface area (Å²) in [4.78, 5) is 19.4. The second-order valence-electron chi connectivity index (χ2n) is 7.73. The lowest BCUT2D eigenvalue weighted by atomic mass is 9.75. The molecule has 1 atom stereocenters. The van der Waals surface area contributed by atoms with Gasteiger partial charge < -0.3 is 10.4 Å². The lowest BCUT2D eigenvalue weighted by molar-refractivity contribution is -0.124. The van der Waals surface area contributed by atoms with Crippen molar-refractivity contribution in [2.45, 2.75) is 44.2 Å². The summed E-state index contributed by atoms with van der Waals surface area (Å²) in [5.41, 5.74) is 2.00. The Morgan fingerprint density at radius 1 is 1.23 bits per heavy atom. The molecule has 5 heteroatoms. The van der Waals surface area contributed by atoms with E-state index in [2.05, 4.69) is 21.3 Å². The van der Waals surface area contributed by atoms with E-state index in [1.54, 1.807) is 0 Å². The van der Waals surface area contributed by atoms with E-state index in [9.17, 15) is 9.90 Å². The molecule has 2 fully saturated rings. The first kappa shape index (κ1) is 17.4. The van der Waals surface area contributed by atoms with E-state index in [1.165, 1.54) is 19.3 Å². The molecule has 0 radical (unpaired) electrons. The smallest absolute Gasteiger partial charge is 0.234 e. The third kappa shape index (κ3) is 3.89. The van der Waals surface area contributed by atoms with Crippen molar-refractivity contribution in [1.29, 1.82) is 0 Å². The van der Waals surface area contributed by atoms with Crippen molar-refractivity contribution in [3.05, 3.63) is 42.1 Å². The van der Waals surface area contributed by atoms with Crippen molar-refractivity contribution >= 4 is 16.8 Å². The Morgan fingerprint density at radius 2 is 2.00 bits per heavy atom. The molecule has 2 aliphatic rings. The topological polar surface area (TPSA) is 65.5 Å². The van der Waals surface area contributed by atoms with Gasteiger partial charge in [-0.2, -0.15) is 0 Å². The van der Waals surface area contributed by atoms with Gasteiger partial charge in [-0.1, -0.05) is 24.6 Å². The molecule has 1 aliphatic heterocycles. The van der Waals surface area contributed by atoms with Crippen LogP contribution in [0.1, 0.15) is 43.7 Å². The Kier molecular flexibility index (Phi) is 5.18. The Morgan fingerprint density at radius 3 is 2.77 bits per heavy atom. The minimum absolute atomic E-state index is 0.0754. The van der Waals surface area contributed by atoms with E-state index in [-0.39, 0.29) is 24.0 Å². The Bertz CT molecular complexity index is 767. The maximum Gasteiger partial charge on any atom is 0.234 e. The van der Waals surface area contributed by atoms with Gasteiger partial charge in [-0.3, -0.25) is 14.7 Å².